The van der Waals surface area contributed by atoms with Gasteiger partial charge in [-0.25, -0.2) is 8.42 Å². The molecule has 0 spiro atoms. The Kier molecular flexibility index (Phi) is 2.90. The number of phenols is 1. The molecular formula is C11H15NO3S. The van der Waals surface area contributed by atoms with Gasteiger partial charge in [0.15, 0.2) is 0 Å². The van der Waals surface area contributed by atoms with Crippen molar-refractivity contribution in [1.82, 2.24) is 4.31 Å². The molecule has 1 saturated heterocycles. The van der Waals surface area contributed by atoms with Gasteiger partial charge in [-0.1, -0.05) is 19.1 Å². The van der Waals surface area contributed by atoms with E-state index in [0.29, 0.717) is 19.0 Å². The smallest absolute Gasteiger partial charge is 0.246 e. The van der Waals surface area contributed by atoms with Crippen LogP contribution in [0.2, 0.25) is 0 Å². The first-order valence-corrected chi connectivity index (χ1v) is 6.74. The third-order valence-electron chi connectivity index (χ3n) is 2.87. The first-order chi connectivity index (χ1) is 7.51. The standard InChI is InChI=1S/C11H15NO3S/c1-9-6-7-12(8-9)16(14,15)11-5-3-2-4-10(11)13/h2-5,9,13H,6-8H2,1H3. The maximum atomic E-state index is 12.2. The Labute approximate surface area is 95.6 Å². The van der Waals surface area contributed by atoms with E-state index in [1.165, 1.54) is 16.4 Å². The minimum atomic E-state index is -3.52. The number of sulfonamides is 1. The van der Waals surface area contributed by atoms with E-state index in [4.69, 9.17) is 0 Å². The Morgan fingerprint density at radius 1 is 1.38 bits per heavy atom. The normalized spacial score (nSPS) is 22.4. The van der Waals surface area contributed by atoms with Gasteiger partial charge in [0.25, 0.3) is 0 Å². The second kappa shape index (κ2) is 4.07. The summed E-state index contributed by atoms with van der Waals surface area (Å²) in [5.74, 6) is 0.211. The predicted molar refractivity (Wildman–Crippen MR) is 60.6 cm³/mol. The quantitative estimate of drug-likeness (QED) is 0.852. The van der Waals surface area contributed by atoms with Crippen molar-refractivity contribution in [1.29, 1.82) is 0 Å². The lowest BCUT2D eigenvalue weighted by Gasteiger charge is -2.16. The average molecular weight is 241 g/mol. The van der Waals surface area contributed by atoms with Gasteiger partial charge in [0.05, 0.1) is 0 Å². The highest BCUT2D eigenvalue weighted by molar-refractivity contribution is 7.89. The second-order valence-electron chi connectivity index (χ2n) is 4.22. The van der Waals surface area contributed by atoms with Gasteiger partial charge in [-0.15, -0.1) is 0 Å². The van der Waals surface area contributed by atoms with E-state index in [9.17, 15) is 13.5 Å². The molecule has 1 aliphatic rings. The van der Waals surface area contributed by atoms with Gasteiger partial charge in [-0.3, -0.25) is 0 Å². The van der Waals surface area contributed by atoms with Gasteiger partial charge < -0.3 is 5.11 Å². The SMILES string of the molecule is CC1CCN(S(=O)(=O)c2ccccc2O)C1. The molecule has 5 heteroatoms. The van der Waals surface area contributed by atoms with Crippen molar-refractivity contribution in [3.8, 4) is 5.75 Å². The maximum absolute atomic E-state index is 12.2. The fraction of sp³-hybridized carbons (Fsp3) is 0.455. The van der Waals surface area contributed by atoms with Crippen LogP contribution in [0, 0.1) is 5.92 Å². The summed E-state index contributed by atoms with van der Waals surface area (Å²) in [5, 5.41) is 9.57. The van der Waals surface area contributed by atoms with Crippen LogP contribution < -0.4 is 0 Å². The van der Waals surface area contributed by atoms with Crippen LogP contribution in [0.5, 0.6) is 5.75 Å². The first-order valence-electron chi connectivity index (χ1n) is 5.30. The molecule has 1 aromatic carbocycles. The van der Waals surface area contributed by atoms with Gasteiger partial charge >= 0.3 is 0 Å². The van der Waals surface area contributed by atoms with Gasteiger partial charge in [0, 0.05) is 13.1 Å². The third kappa shape index (κ3) is 1.92. The van der Waals surface area contributed by atoms with E-state index in [0.717, 1.165) is 6.42 Å². The minimum absolute atomic E-state index is 0.00380. The lowest BCUT2D eigenvalue weighted by atomic mass is 10.2. The molecule has 1 fully saturated rings. The Morgan fingerprint density at radius 2 is 2.06 bits per heavy atom. The molecule has 1 atom stereocenters. The topological polar surface area (TPSA) is 57.6 Å². The number of hydrogen-bond acceptors (Lipinski definition) is 3. The van der Waals surface area contributed by atoms with Crippen molar-refractivity contribution in [3.05, 3.63) is 24.3 Å². The van der Waals surface area contributed by atoms with Crippen molar-refractivity contribution in [2.75, 3.05) is 13.1 Å². The molecule has 0 aliphatic carbocycles. The molecule has 1 N–H and O–H groups in total. The first kappa shape index (κ1) is 11.4. The lowest BCUT2D eigenvalue weighted by molar-refractivity contribution is 0.439. The van der Waals surface area contributed by atoms with Crippen LogP contribution in [0.4, 0.5) is 0 Å². The van der Waals surface area contributed by atoms with E-state index in [2.05, 4.69) is 0 Å². The Morgan fingerprint density at radius 3 is 2.62 bits per heavy atom. The molecule has 1 aromatic rings. The Balaban J connectivity index is 2.36. The predicted octanol–water partition coefficient (Wildman–Crippen LogP) is 1.42. The van der Waals surface area contributed by atoms with Crippen LogP contribution >= 0.6 is 0 Å². The molecule has 2 rings (SSSR count). The van der Waals surface area contributed by atoms with Crippen molar-refractivity contribution in [2.45, 2.75) is 18.2 Å². The molecular weight excluding hydrogens is 226 g/mol. The van der Waals surface area contributed by atoms with Gasteiger partial charge in [0.2, 0.25) is 10.0 Å². The summed E-state index contributed by atoms with van der Waals surface area (Å²) in [7, 11) is -3.52. The van der Waals surface area contributed by atoms with E-state index >= 15 is 0 Å². The molecule has 0 saturated carbocycles. The molecule has 0 aromatic heterocycles. The highest BCUT2D eigenvalue weighted by Gasteiger charge is 2.31. The fourth-order valence-electron chi connectivity index (χ4n) is 1.93. The maximum Gasteiger partial charge on any atom is 0.246 e. The fourth-order valence-corrected chi connectivity index (χ4v) is 3.58. The summed E-state index contributed by atoms with van der Waals surface area (Å²) < 4.78 is 25.8. The second-order valence-corrected chi connectivity index (χ2v) is 6.13. The minimum Gasteiger partial charge on any atom is -0.507 e. The zero-order valence-corrected chi connectivity index (χ0v) is 9.94. The molecule has 0 radical (unpaired) electrons. The number of hydrogen-bond donors (Lipinski definition) is 1. The van der Waals surface area contributed by atoms with Crippen LogP contribution in [-0.2, 0) is 10.0 Å². The summed E-state index contributed by atoms with van der Waals surface area (Å²) in [6.07, 6.45) is 0.882. The van der Waals surface area contributed by atoms with Crippen LogP contribution in [0.1, 0.15) is 13.3 Å². The molecule has 16 heavy (non-hydrogen) atoms. The summed E-state index contributed by atoms with van der Waals surface area (Å²) in [6, 6.07) is 6.06. The average Bonchev–Trinajstić information content (AvgIpc) is 2.66. The molecule has 0 bridgehead atoms. The number of phenolic OH excluding ortho intramolecular Hbond substituents is 1. The third-order valence-corrected chi connectivity index (χ3v) is 4.78. The van der Waals surface area contributed by atoms with E-state index in [-0.39, 0.29) is 10.6 Å². The van der Waals surface area contributed by atoms with Crippen LogP contribution in [0.15, 0.2) is 29.2 Å². The summed E-state index contributed by atoms with van der Waals surface area (Å²) >= 11 is 0. The summed E-state index contributed by atoms with van der Waals surface area (Å²) in [5.41, 5.74) is 0. The number of aromatic hydroxyl groups is 1. The molecule has 1 aliphatic heterocycles. The largest absolute Gasteiger partial charge is 0.507 e. The number of rotatable bonds is 2. The van der Waals surface area contributed by atoms with E-state index < -0.39 is 10.0 Å². The zero-order valence-electron chi connectivity index (χ0n) is 9.13. The highest BCUT2D eigenvalue weighted by Crippen LogP contribution is 2.28. The zero-order chi connectivity index (χ0) is 11.8. The molecule has 88 valence electrons. The number of nitrogens with zero attached hydrogens (tertiary/aromatic N) is 1. The van der Waals surface area contributed by atoms with Gasteiger partial charge in [0.1, 0.15) is 10.6 Å². The molecule has 1 unspecified atom stereocenters. The monoisotopic (exact) mass is 241 g/mol. The summed E-state index contributed by atoms with van der Waals surface area (Å²) in [6.45, 7) is 3.11. The van der Waals surface area contributed by atoms with Gasteiger partial charge in [-0.05, 0) is 24.5 Å². The van der Waals surface area contributed by atoms with Crippen molar-refractivity contribution in [2.24, 2.45) is 5.92 Å². The van der Waals surface area contributed by atoms with Gasteiger partial charge in [-0.2, -0.15) is 4.31 Å². The van der Waals surface area contributed by atoms with Crippen LogP contribution in [0.3, 0.4) is 0 Å². The van der Waals surface area contributed by atoms with Crippen LogP contribution in [0.25, 0.3) is 0 Å². The molecule has 1 heterocycles. The lowest BCUT2D eigenvalue weighted by Crippen LogP contribution is -2.28. The van der Waals surface area contributed by atoms with Crippen molar-refractivity contribution >= 4 is 10.0 Å². The number of benzene rings is 1. The Hall–Kier alpha value is -1.07. The van der Waals surface area contributed by atoms with E-state index in [1.54, 1.807) is 12.1 Å². The summed E-state index contributed by atoms with van der Waals surface area (Å²) in [4.78, 5) is 0.00380. The molecule has 0 amide bonds. The Bertz CT molecular complexity index is 484. The molecule has 4 nitrogen and oxygen atoms in total. The van der Waals surface area contributed by atoms with Crippen molar-refractivity contribution < 1.29 is 13.5 Å². The number of para-hydroxylation sites is 1. The van der Waals surface area contributed by atoms with Crippen LogP contribution in [-0.4, -0.2) is 30.9 Å². The van der Waals surface area contributed by atoms with Crippen molar-refractivity contribution in [3.63, 3.8) is 0 Å². The highest BCUT2D eigenvalue weighted by atomic mass is 32.2. The van der Waals surface area contributed by atoms with E-state index in [1.807, 2.05) is 6.92 Å².